The molecule has 1 amide bonds. The van der Waals surface area contributed by atoms with E-state index in [2.05, 4.69) is 15.4 Å². The number of benzene rings is 2. The van der Waals surface area contributed by atoms with Gasteiger partial charge in [-0.15, -0.1) is 5.10 Å². The number of carbonyl (C=O) groups excluding carboxylic acids is 1. The molecule has 1 N–H and O–H groups in total. The van der Waals surface area contributed by atoms with E-state index in [9.17, 15) is 9.59 Å². The third kappa shape index (κ3) is 4.49. The zero-order valence-corrected chi connectivity index (χ0v) is 19.1. The van der Waals surface area contributed by atoms with E-state index in [0.29, 0.717) is 35.8 Å². The summed E-state index contributed by atoms with van der Waals surface area (Å²) >= 11 is 0. The molecular weight excluding hydrogens is 430 g/mol. The maximum Gasteiger partial charge on any atom is 0.279 e. The molecule has 0 radical (unpaired) electrons. The van der Waals surface area contributed by atoms with Crippen molar-refractivity contribution in [3.8, 4) is 11.4 Å². The van der Waals surface area contributed by atoms with E-state index in [1.54, 1.807) is 4.57 Å². The normalized spacial score (nSPS) is 15.6. The summed E-state index contributed by atoms with van der Waals surface area (Å²) in [5.41, 5.74) is 2.90. The molecule has 3 heterocycles. The summed E-state index contributed by atoms with van der Waals surface area (Å²) in [6.45, 7) is 3.12. The van der Waals surface area contributed by atoms with Gasteiger partial charge in [-0.2, -0.15) is 9.50 Å². The van der Waals surface area contributed by atoms with Gasteiger partial charge in [-0.25, -0.2) is 0 Å². The van der Waals surface area contributed by atoms with Crippen molar-refractivity contribution < 1.29 is 9.53 Å². The summed E-state index contributed by atoms with van der Waals surface area (Å²) in [5, 5.41) is 7.49. The molecule has 0 unspecified atom stereocenters. The van der Waals surface area contributed by atoms with Crippen molar-refractivity contribution in [3.05, 3.63) is 87.8 Å². The second kappa shape index (κ2) is 9.61. The fraction of sp³-hybridized carbons (Fsp3) is 0.308. The Morgan fingerprint density at radius 3 is 2.56 bits per heavy atom. The van der Waals surface area contributed by atoms with Crippen LogP contribution in [0.1, 0.15) is 29.7 Å². The molecule has 0 spiro atoms. The molecule has 0 bridgehead atoms. The molecule has 0 aliphatic carbocycles. The molecule has 8 heteroatoms. The largest absolute Gasteiger partial charge is 0.376 e. The second-order valence-corrected chi connectivity index (χ2v) is 8.57. The Kier molecular flexibility index (Phi) is 6.22. The van der Waals surface area contributed by atoms with Gasteiger partial charge in [0.1, 0.15) is 6.54 Å². The summed E-state index contributed by atoms with van der Waals surface area (Å²) in [6.07, 6.45) is 2.48. The van der Waals surface area contributed by atoms with Crippen molar-refractivity contribution >= 4 is 11.7 Å². The number of fused-ring (bicyclic) bond motifs is 1. The fourth-order valence-electron chi connectivity index (χ4n) is 4.35. The lowest BCUT2D eigenvalue weighted by molar-refractivity contribution is -0.122. The molecule has 8 nitrogen and oxygen atoms in total. The van der Waals surface area contributed by atoms with Crippen molar-refractivity contribution in [2.45, 2.75) is 38.8 Å². The van der Waals surface area contributed by atoms with Crippen LogP contribution >= 0.6 is 0 Å². The minimum absolute atomic E-state index is 0.0387. The maximum atomic E-state index is 13.5. The highest BCUT2D eigenvalue weighted by Crippen LogP contribution is 2.18. The van der Waals surface area contributed by atoms with Gasteiger partial charge in [0.05, 0.1) is 6.10 Å². The summed E-state index contributed by atoms with van der Waals surface area (Å²) in [6, 6.07) is 19.3. The number of aromatic nitrogens is 4. The maximum absolute atomic E-state index is 13.5. The summed E-state index contributed by atoms with van der Waals surface area (Å²) in [4.78, 5) is 31.0. The third-order valence-electron chi connectivity index (χ3n) is 6.23. The lowest BCUT2D eigenvalue weighted by Crippen LogP contribution is -2.36. The minimum atomic E-state index is -0.220. The van der Waals surface area contributed by atoms with Crippen LogP contribution < -0.4 is 10.9 Å². The smallest absolute Gasteiger partial charge is 0.279 e. The molecular formula is C26H27N5O3. The highest BCUT2D eigenvalue weighted by molar-refractivity contribution is 5.76. The van der Waals surface area contributed by atoms with Gasteiger partial charge in [-0.1, -0.05) is 60.7 Å². The Morgan fingerprint density at radius 2 is 1.85 bits per heavy atom. The highest BCUT2D eigenvalue weighted by Gasteiger charge is 2.21. The molecule has 1 aliphatic heterocycles. The molecule has 1 aliphatic rings. The molecule has 2 aromatic carbocycles. The number of hydrogen-bond acceptors (Lipinski definition) is 5. The van der Waals surface area contributed by atoms with Gasteiger partial charge >= 0.3 is 0 Å². The van der Waals surface area contributed by atoms with Crippen LogP contribution in [-0.2, 0) is 22.5 Å². The average Bonchev–Trinajstić information content (AvgIpc) is 3.55. The van der Waals surface area contributed by atoms with E-state index in [-0.39, 0.29) is 24.1 Å². The lowest BCUT2D eigenvalue weighted by Gasteiger charge is -2.16. The molecule has 5 rings (SSSR count). The van der Waals surface area contributed by atoms with Crippen LogP contribution in [0.25, 0.3) is 17.2 Å². The predicted molar refractivity (Wildman–Crippen MR) is 129 cm³/mol. The monoisotopic (exact) mass is 457 g/mol. The van der Waals surface area contributed by atoms with E-state index < -0.39 is 0 Å². The Labute approximate surface area is 197 Å². The van der Waals surface area contributed by atoms with Crippen molar-refractivity contribution in [2.24, 2.45) is 0 Å². The first-order valence-corrected chi connectivity index (χ1v) is 11.6. The number of hydrogen-bond donors (Lipinski definition) is 1. The van der Waals surface area contributed by atoms with Crippen molar-refractivity contribution in [1.82, 2.24) is 24.5 Å². The Bertz CT molecular complexity index is 1360. The minimum Gasteiger partial charge on any atom is -0.376 e. The SMILES string of the molecule is Cc1c(Cc2ccccc2)c(=O)n2nc(-c3ccccc3)nc2n1CC(=O)NC[C@@H]1CCCO1. The van der Waals surface area contributed by atoms with Crippen LogP contribution in [0.3, 0.4) is 0 Å². The number of nitrogens with zero attached hydrogens (tertiary/aromatic N) is 4. The molecule has 1 saturated heterocycles. The van der Waals surface area contributed by atoms with Gasteiger partial charge in [0.2, 0.25) is 11.7 Å². The molecule has 1 atom stereocenters. The number of carbonyl (C=O) groups is 1. The van der Waals surface area contributed by atoms with Gasteiger partial charge in [-0.05, 0) is 25.3 Å². The van der Waals surface area contributed by atoms with Gasteiger partial charge in [0.15, 0.2) is 5.82 Å². The Hall–Kier alpha value is -3.78. The van der Waals surface area contributed by atoms with Crippen LogP contribution in [0.15, 0.2) is 65.5 Å². The van der Waals surface area contributed by atoms with Crippen molar-refractivity contribution in [1.29, 1.82) is 0 Å². The van der Waals surface area contributed by atoms with Crippen LogP contribution in [0.5, 0.6) is 0 Å². The average molecular weight is 458 g/mol. The van der Waals surface area contributed by atoms with E-state index in [0.717, 1.165) is 30.6 Å². The highest BCUT2D eigenvalue weighted by atomic mass is 16.5. The number of rotatable bonds is 7. The number of ether oxygens (including phenoxy) is 1. The standard InChI is InChI=1S/C26H27N5O3/c1-18-22(15-19-9-4-2-5-10-19)25(33)31-26(28-24(29-31)20-11-6-3-7-12-20)30(18)17-23(32)27-16-21-13-8-14-34-21/h2-7,9-12,21H,8,13-17H2,1H3,(H,27,32)/t21-/m0/s1. The first kappa shape index (κ1) is 22.0. The van der Waals surface area contributed by atoms with Crippen LogP contribution in [-0.4, -0.2) is 44.3 Å². The quantitative estimate of drug-likeness (QED) is 0.461. The zero-order valence-electron chi connectivity index (χ0n) is 19.1. The van der Waals surface area contributed by atoms with E-state index >= 15 is 0 Å². The van der Waals surface area contributed by atoms with Crippen LogP contribution in [0.4, 0.5) is 0 Å². The molecule has 0 saturated carbocycles. The van der Waals surface area contributed by atoms with Gasteiger partial charge in [0.25, 0.3) is 5.56 Å². The number of amides is 1. The first-order valence-electron chi connectivity index (χ1n) is 11.6. The molecule has 34 heavy (non-hydrogen) atoms. The molecule has 4 aromatic rings. The van der Waals surface area contributed by atoms with E-state index in [1.165, 1.54) is 4.52 Å². The van der Waals surface area contributed by atoms with Gasteiger partial charge < -0.3 is 14.6 Å². The van der Waals surface area contributed by atoms with Crippen LogP contribution in [0.2, 0.25) is 0 Å². The zero-order chi connectivity index (χ0) is 23.5. The Balaban J connectivity index is 1.55. The topological polar surface area (TPSA) is 90.5 Å². The molecule has 2 aromatic heterocycles. The first-order chi connectivity index (χ1) is 16.6. The Morgan fingerprint density at radius 1 is 1.12 bits per heavy atom. The fourth-order valence-corrected chi connectivity index (χ4v) is 4.35. The van der Waals surface area contributed by atoms with Crippen molar-refractivity contribution in [3.63, 3.8) is 0 Å². The van der Waals surface area contributed by atoms with Crippen molar-refractivity contribution in [2.75, 3.05) is 13.2 Å². The van der Waals surface area contributed by atoms with E-state index in [1.807, 2.05) is 67.6 Å². The second-order valence-electron chi connectivity index (χ2n) is 8.57. The lowest BCUT2D eigenvalue weighted by atomic mass is 10.0. The van der Waals surface area contributed by atoms with Gasteiger partial charge in [-0.3, -0.25) is 9.59 Å². The van der Waals surface area contributed by atoms with Crippen LogP contribution in [0, 0.1) is 6.92 Å². The number of nitrogens with one attached hydrogen (secondary N) is 1. The predicted octanol–water partition coefficient (Wildman–Crippen LogP) is 2.75. The summed E-state index contributed by atoms with van der Waals surface area (Å²) in [7, 11) is 0. The van der Waals surface area contributed by atoms with Gasteiger partial charge in [0, 0.05) is 36.4 Å². The van der Waals surface area contributed by atoms with E-state index in [4.69, 9.17) is 4.74 Å². The summed E-state index contributed by atoms with van der Waals surface area (Å²) < 4.78 is 8.71. The summed E-state index contributed by atoms with van der Waals surface area (Å²) in [5.74, 6) is 0.645. The molecule has 174 valence electrons. The molecule has 1 fully saturated rings. The third-order valence-corrected chi connectivity index (χ3v) is 6.23.